The van der Waals surface area contributed by atoms with Gasteiger partial charge >= 0.3 is 6.03 Å². The van der Waals surface area contributed by atoms with Crippen molar-refractivity contribution in [2.45, 2.75) is 57.0 Å². The maximum atomic E-state index is 14.1. The highest BCUT2D eigenvalue weighted by Crippen LogP contribution is 2.47. The molecule has 1 heterocycles. The number of nitrogens with zero attached hydrogens (tertiary/aromatic N) is 1. The highest BCUT2D eigenvalue weighted by Gasteiger charge is 2.47. The van der Waals surface area contributed by atoms with E-state index in [9.17, 15) is 17.6 Å². The molecule has 1 aromatic carbocycles. The number of ether oxygens (including phenoxy) is 1. The normalized spacial score (nSPS) is 21.5. The molecule has 2 amide bonds. The Balaban J connectivity index is 1.31. The van der Waals surface area contributed by atoms with Crippen LogP contribution in [0.3, 0.4) is 0 Å². The Kier molecular flexibility index (Phi) is 6.54. The molecule has 2 saturated carbocycles. The molecule has 4 rings (SSSR count). The lowest BCUT2D eigenvalue weighted by Crippen LogP contribution is -2.43. The van der Waals surface area contributed by atoms with Gasteiger partial charge in [0.25, 0.3) is 0 Å². The molecule has 10 heteroatoms. The third-order valence-electron chi connectivity index (χ3n) is 6.46. The second-order valence-electron chi connectivity index (χ2n) is 9.59. The van der Waals surface area contributed by atoms with Crippen LogP contribution < -0.4 is 14.8 Å². The van der Waals surface area contributed by atoms with E-state index in [4.69, 9.17) is 17.0 Å². The van der Waals surface area contributed by atoms with Gasteiger partial charge in [0.15, 0.2) is 11.6 Å². The first-order chi connectivity index (χ1) is 15.5. The third-order valence-corrected chi connectivity index (χ3v) is 8.54. The number of hydrogen-bond donors (Lipinski definition) is 2. The van der Waals surface area contributed by atoms with Gasteiger partial charge in [0.2, 0.25) is 10.0 Å². The molecule has 1 aromatic rings. The molecule has 1 aliphatic heterocycles. The Morgan fingerprint density at radius 3 is 2.64 bits per heavy atom. The number of carbonyl (C=O) groups is 1. The summed E-state index contributed by atoms with van der Waals surface area (Å²) in [5.74, 6) is 0.169. The lowest BCUT2D eigenvalue weighted by Gasteiger charge is -2.28. The SMILES string of the molecule is CC1(C)C(=S)NC(=O)N1C/C=C/CCS(=O)(=O)NC1(c2ccc(F)c(OCC3CC3)c2)CC1. The van der Waals surface area contributed by atoms with Crippen molar-refractivity contribution in [3.05, 3.63) is 41.7 Å². The molecule has 180 valence electrons. The van der Waals surface area contributed by atoms with Gasteiger partial charge in [0.1, 0.15) is 4.99 Å². The first-order valence-electron chi connectivity index (χ1n) is 11.2. The molecule has 2 aliphatic carbocycles. The first kappa shape index (κ1) is 24.1. The van der Waals surface area contributed by atoms with Crippen molar-refractivity contribution in [3.8, 4) is 5.75 Å². The summed E-state index contributed by atoms with van der Waals surface area (Å²) in [7, 11) is -3.55. The Bertz CT molecular complexity index is 1080. The fraction of sp³-hybridized carbons (Fsp3) is 0.565. The van der Waals surface area contributed by atoms with Crippen LogP contribution in [0, 0.1) is 11.7 Å². The number of nitrogens with one attached hydrogen (secondary N) is 2. The minimum Gasteiger partial charge on any atom is -0.490 e. The number of rotatable bonds is 11. The zero-order chi connectivity index (χ0) is 23.9. The number of allylic oxidation sites excluding steroid dienone is 1. The van der Waals surface area contributed by atoms with Crippen LogP contribution in [0.15, 0.2) is 30.4 Å². The van der Waals surface area contributed by atoms with E-state index in [1.54, 1.807) is 29.2 Å². The average molecular weight is 496 g/mol. The minimum atomic E-state index is -3.55. The quantitative estimate of drug-likeness (QED) is 0.362. The van der Waals surface area contributed by atoms with Crippen LogP contribution in [0.2, 0.25) is 0 Å². The zero-order valence-corrected chi connectivity index (χ0v) is 20.5. The number of hydrogen-bond acceptors (Lipinski definition) is 5. The Morgan fingerprint density at radius 1 is 1.30 bits per heavy atom. The van der Waals surface area contributed by atoms with E-state index in [1.165, 1.54) is 6.07 Å². The number of urea groups is 1. The third kappa shape index (κ3) is 5.55. The van der Waals surface area contributed by atoms with Crippen molar-refractivity contribution in [2.75, 3.05) is 18.9 Å². The summed E-state index contributed by atoms with van der Waals surface area (Å²) in [6.07, 6.45) is 7.38. The van der Waals surface area contributed by atoms with Gasteiger partial charge in [-0.05, 0) is 69.6 Å². The van der Waals surface area contributed by atoms with Gasteiger partial charge in [-0.15, -0.1) is 0 Å². The van der Waals surface area contributed by atoms with Gasteiger partial charge in [0.05, 0.1) is 23.4 Å². The van der Waals surface area contributed by atoms with Gasteiger partial charge < -0.3 is 9.64 Å². The molecule has 0 aromatic heterocycles. The summed E-state index contributed by atoms with van der Waals surface area (Å²) < 4.78 is 48.0. The average Bonchev–Trinajstić information content (AvgIpc) is 3.65. The van der Waals surface area contributed by atoms with E-state index in [-0.39, 0.29) is 17.5 Å². The number of amides is 2. The van der Waals surface area contributed by atoms with Crippen LogP contribution in [0.5, 0.6) is 5.75 Å². The van der Waals surface area contributed by atoms with Crippen molar-refractivity contribution < 1.29 is 22.3 Å². The molecule has 1 saturated heterocycles. The molecule has 3 aliphatic rings. The number of carbonyl (C=O) groups excluding carboxylic acids is 1. The summed E-state index contributed by atoms with van der Waals surface area (Å²) in [6.45, 7) is 4.56. The zero-order valence-electron chi connectivity index (χ0n) is 18.9. The highest BCUT2D eigenvalue weighted by atomic mass is 32.2. The number of thiocarbonyl (C=S) groups is 1. The molecular weight excluding hydrogens is 465 g/mol. The van der Waals surface area contributed by atoms with Crippen molar-refractivity contribution in [1.29, 1.82) is 0 Å². The molecule has 7 nitrogen and oxygen atoms in total. The summed E-state index contributed by atoms with van der Waals surface area (Å²) >= 11 is 5.19. The van der Waals surface area contributed by atoms with Crippen LogP contribution in [0.25, 0.3) is 0 Å². The van der Waals surface area contributed by atoms with Gasteiger partial charge in [-0.25, -0.2) is 22.3 Å². The van der Waals surface area contributed by atoms with Crippen LogP contribution in [0.1, 0.15) is 51.5 Å². The Hall–Kier alpha value is -2.04. The number of sulfonamides is 1. The second kappa shape index (κ2) is 8.96. The van der Waals surface area contributed by atoms with Gasteiger partial charge in [-0.1, -0.05) is 30.4 Å². The molecular formula is C23H30FN3O4S2. The van der Waals surface area contributed by atoms with Crippen LogP contribution >= 0.6 is 12.2 Å². The number of halogens is 1. The predicted octanol–water partition coefficient (Wildman–Crippen LogP) is 3.60. The largest absolute Gasteiger partial charge is 0.490 e. The molecule has 0 spiro atoms. The molecule has 0 atom stereocenters. The smallest absolute Gasteiger partial charge is 0.323 e. The standard InChI is InChI=1S/C23H30FN3O4S2/c1-22(2)20(32)25-21(28)27(22)12-4-3-5-13-33(29,30)26-23(10-11-23)17-8-9-18(24)19(14-17)31-15-16-6-7-16/h3-4,8-9,14,16,26H,5-7,10-13,15H2,1-2H3,(H,25,28,32)/b4-3+. The summed E-state index contributed by atoms with van der Waals surface area (Å²) in [5.41, 5.74) is -0.535. The van der Waals surface area contributed by atoms with Crippen molar-refractivity contribution >= 4 is 33.3 Å². The van der Waals surface area contributed by atoms with Crippen molar-refractivity contribution in [2.24, 2.45) is 5.92 Å². The molecule has 2 N–H and O–H groups in total. The summed E-state index contributed by atoms with van der Waals surface area (Å²) in [6, 6.07) is 4.35. The molecule has 0 radical (unpaired) electrons. The monoisotopic (exact) mass is 495 g/mol. The first-order valence-corrected chi connectivity index (χ1v) is 13.3. The fourth-order valence-corrected chi connectivity index (χ4v) is 5.52. The van der Waals surface area contributed by atoms with Crippen LogP contribution in [-0.2, 0) is 15.6 Å². The maximum absolute atomic E-state index is 14.1. The Labute approximate surface area is 199 Å². The minimum absolute atomic E-state index is 0.0779. The fourth-order valence-electron chi connectivity index (χ4n) is 3.85. The van der Waals surface area contributed by atoms with Crippen molar-refractivity contribution in [1.82, 2.24) is 14.9 Å². The predicted molar refractivity (Wildman–Crippen MR) is 128 cm³/mol. The van der Waals surface area contributed by atoms with E-state index in [2.05, 4.69) is 10.0 Å². The van der Waals surface area contributed by atoms with Gasteiger partial charge in [-0.2, -0.15) is 0 Å². The lowest BCUT2D eigenvalue weighted by molar-refractivity contribution is 0.195. The summed E-state index contributed by atoms with van der Waals surface area (Å²) in [4.78, 5) is 14.1. The topological polar surface area (TPSA) is 87.7 Å². The van der Waals surface area contributed by atoms with E-state index < -0.39 is 26.9 Å². The lowest BCUT2D eigenvalue weighted by atomic mass is 10.1. The van der Waals surface area contributed by atoms with E-state index in [1.807, 2.05) is 13.8 Å². The molecule has 0 bridgehead atoms. The summed E-state index contributed by atoms with van der Waals surface area (Å²) in [5, 5.41) is 2.64. The maximum Gasteiger partial charge on any atom is 0.323 e. The molecule has 0 unspecified atom stereocenters. The van der Waals surface area contributed by atoms with Crippen molar-refractivity contribution in [3.63, 3.8) is 0 Å². The molecule has 3 fully saturated rings. The second-order valence-corrected chi connectivity index (χ2v) is 11.8. The van der Waals surface area contributed by atoms with Gasteiger partial charge in [0, 0.05) is 6.54 Å². The van der Waals surface area contributed by atoms with Gasteiger partial charge in [-0.3, -0.25) is 5.32 Å². The van der Waals surface area contributed by atoms with E-state index in [0.717, 1.165) is 18.4 Å². The Morgan fingerprint density at radius 2 is 2.03 bits per heavy atom. The number of benzene rings is 1. The van der Waals surface area contributed by atoms with E-state index in [0.29, 0.717) is 43.3 Å². The molecule has 33 heavy (non-hydrogen) atoms. The highest BCUT2D eigenvalue weighted by molar-refractivity contribution is 7.89. The van der Waals surface area contributed by atoms with E-state index >= 15 is 0 Å². The van der Waals surface area contributed by atoms with Crippen LogP contribution in [0.4, 0.5) is 9.18 Å². The van der Waals surface area contributed by atoms with Crippen LogP contribution in [-0.4, -0.2) is 48.8 Å².